The number of benzene rings is 2. The Morgan fingerprint density at radius 2 is 1.57 bits per heavy atom. The predicted octanol–water partition coefficient (Wildman–Crippen LogP) is 3.82. The quantitative estimate of drug-likeness (QED) is 0.714. The van der Waals surface area contributed by atoms with Crippen molar-refractivity contribution in [2.75, 3.05) is 0 Å². The first-order chi connectivity index (χ1) is 10.1. The van der Waals surface area contributed by atoms with Gasteiger partial charge < -0.3 is 0 Å². The fraction of sp³-hybridized carbons (Fsp3) is 0.222. The Hall–Kier alpha value is -2.42. The smallest absolute Gasteiger partial charge is 0.267 e. The first-order valence-electron chi connectivity index (χ1n) is 7.17. The molecule has 1 heterocycles. The number of aromatic nitrogens is 2. The van der Waals surface area contributed by atoms with Gasteiger partial charge in [0, 0.05) is 5.39 Å². The zero-order valence-electron chi connectivity index (χ0n) is 12.5. The van der Waals surface area contributed by atoms with Crippen LogP contribution in [0.3, 0.4) is 0 Å². The highest BCUT2D eigenvalue weighted by atomic mass is 16.1. The summed E-state index contributed by atoms with van der Waals surface area (Å²) in [5, 5.41) is 6.15. The lowest BCUT2D eigenvalue weighted by molar-refractivity contribution is 0.766. The van der Waals surface area contributed by atoms with Crippen LogP contribution < -0.4 is 5.56 Å². The van der Waals surface area contributed by atoms with Gasteiger partial charge in [-0.3, -0.25) is 4.79 Å². The monoisotopic (exact) mass is 278 g/mol. The highest BCUT2D eigenvalue weighted by molar-refractivity contribution is 5.83. The number of aryl methyl sites for hydroxylation is 1. The zero-order valence-corrected chi connectivity index (χ0v) is 12.5. The molecule has 3 rings (SSSR count). The van der Waals surface area contributed by atoms with Gasteiger partial charge in [0.1, 0.15) is 0 Å². The van der Waals surface area contributed by atoms with Crippen LogP contribution in [0.2, 0.25) is 0 Å². The second kappa shape index (κ2) is 5.17. The van der Waals surface area contributed by atoms with E-state index in [-0.39, 0.29) is 5.56 Å². The summed E-state index contributed by atoms with van der Waals surface area (Å²) in [4.78, 5) is 12.8. The third kappa shape index (κ3) is 2.25. The van der Waals surface area contributed by atoms with Gasteiger partial charge in [-0.2, -0.15) is 9.78 Å². The van der Waals surface area contributed by atoms with Crippen molar-refractivity contribution in [2.45, 2.75) is 26.7 Å². The number of rotatable bonds is 2. The van der Waals surface area contributed by atoms with Gasteiger partial charge in [0.15, 0.2) is 0 Å². The molecule has 0 radical (unpaired) electrons. The molecular weight excluding hydrogens is 260 g/mol. The molecule has 106 valence electrons. The molecule has 3 heteroatoms. The largest absolute Gasteiger partial charge is 0.279 e. The highest BCUT2D eigenvalue weighted by Crippen LogP contribution is 2.22. The molecule has 0 aliphatic heterocycles. The molecule has 3 aromatic rings. The van der Waals surface area contributed by atoms with Crippen molar-refractivity contribution in [3.05, 3.63) is 70.1 Å². The van der Waals surface area contributed by atoms with Gasteiger partial charge in [-0.15, -0.1) is 0 Å². The van der Waals surface area contributed by atoms with Gasteiger partial charge in [-0.1, -0.05) is 50.2 Å². The molecule has 0 spiro atoms. The fourth-order valence-electron chi connectivity index (χ4n) is 2.68. The maximum Gasteiger partial charge on any atom is 0.279 e. The van der Waals surface area contributed by atoms with Gasteiger partial charge >= 0.3 is 0 Å². The number of nitrogens with zero attached hydrogens (tertiary/aromatic N) is 2. The molecule has 0 bridgehead atoms. The van der Waals surface area contributed by atoms with Crippen molar-refractivity contribution in [3.8, 4) is 5.69 Å². The van der Waals surface area contributed by atoms with E-state index >= 15 is 0 Å². The van der Waals surface area contributed by atoms with E-state index in [4.69, 9.17) is 0 Å². The van der Waals surface area contributed by atoms with Crippen LogP contribution in [-0.2, 0) is 0 Å². The standard InChI is InChI=1S/C18H18N2O/c1-12(2)14-8-6-7-11-17(14)20-18(21)16-10-5-4-9-15(16)13(3)19-20/h4-12H,1-3H3. The molecule has 0 amide bonds. The molecule has 0 N–H and O–H groups in total. The zero-order chi connectivity index (χ0) is 15.0. The number of para-hydroxylation sites is 1. The SMILES string of the molecule is Cc1nn(-c2ccccc2C(C)C)c(=O)c2ccccc12. The molecule has 0 aliphatic carbocycles. The molecule has 3 nitrogen and oxygen atoms in total. The molecule has 0 fully saturated rings. The lowest BCUT2D eigenvalue weighted by Crippen LogP contribution is -2.23. The summed E-state index contributed by atoms with van der Waals surface area (Å²) in [5.41, 5.74) is 2.79. The molecule has 1 aromatic heterocycles. The maximum absolute atomic E-state index is 12.8. The van der Waals surface area contributed by atoms with E-state index < -0.39 is 0 Å². The van der Waals surface area contributed by atoms with Gasteiger partial charge in [-0.25, -0.2) is 0 Å². The molecule has 2 aromatic carbocycles. The Morgan fingerprint density at radius 1 is 0.952 bits per heavy atom. The molecule has 0 saturated heterocycles. The second-order valence-electron chi connectivity index (χ2n) is 5.56. The summed E-state index contributed by atoms with van der Waals surface area (Å²) in [7, 11) is 0. The van der Waals surface area contributed by atoms with Crippen molar-refractivity contribution >= 4 is 10.8 Å². The Labute approximate surface area is 123 Å². The molecule has 0 aliphatic rings. The maximum atomic E-state index is 12.8. The van der Waals surface area contributed by atoms with Crippen molar-refractivity contribution < 1.29 is 0 Å². The van der Waals surface area contributed by atoms with Crippen LogP contribution in [0, 0.1) is 6.92 Å². The Morgan fingerprint density at radius 3 is 2.29 bits per heavy atom. The molecule has 0 atom stereocenters. The third-order valence-corrected chi connectivity index (χ3v) is 3.78. The van der Waals surface area contributed by atoms with Crippen molar-refractivity contribution in [2.24, 2.45) is 0 Å². The Bertz CT molecular complexity index is 862. The third-order valence-electron chi connectivity index (χ3n) is 3.78. The van der Waals surface area contributed by atoms with Crippen molar-refractivity contribution in [1.29, 1.82) is 0 Å². The van der Waals surface area contributed by atoms with E-state index in [0.29, 0.717) is 11.3 Å². The minimum absolute atomic E-state index is 0.0655. The lowest BCUT2D eigenvalue weighted by atomic mass is 10.0. The van der Waals surface area contributed by atoms with Gasteiger partial charge in [0.2, 0.25) is 0 Å². The minimum Gasteiger partial charge on any atom is -0.267 e. The summed E-state index contributed by atoms with van der Waals surface area (Å²) in [6.07, 6.45) is 0. The van der Waals surface area contributed by atoms with E-state index in [9.17, 15) is 4.79 Å². The van der Waals surface area contributed by atoms with E-state index in [2.05, 4.69) is 25.0 Å². The van der Waals surface area contributed by atoms with Crippen LogP contribution in [-0.4, -0.2) is 9.78 Å². The minimum atomic E-state index is -0.0655. The van der Waals surface area contributed by atoms with Crippen LogP contribution in [0.1, 0.15) is 31.0 Å². The normalized spacial score (nSPS) is 11.2. The van der Waals surface area contributed by atoms with E-state index in [1.807, 2.05) is 49.4 Å². The van der Waals surface area contributed by atoms with Crippen molar-refractivity contribution in [1.82, 2.24) is 9.78 Å². The lowest BCUT2D eigenvalue weighted by Gasteiger charge is -2.15. The summed E-state index contributed by atoms with van der Waals surface area (Å²) < 4.78 is 1.53. The Kier molecular flexibility index (Phi) is 3.34. The summed E-state index contributed by atoms with van der Waals surface area (Å²) in [5.74, 6) is 0.335. The van der Waals surface area contributed by atoms with Crippen molar-refractivity contribution in [3.63, 3.8) is 0 Å². The van der Waals surface area contributed by atoms with Crippen LogP contribution in [0.4, 0.5) is 0 Å². The Balaban J connectivity index is 2.37. The average Bonchev–Trinajstić information content (AvgIpc) is 2.51. The van der Waals surface area contributed by atoms with Crippen LogP contribution >= 0.6 is 0 Å². The first-order valence-corrected chi connectivity index (χ1v) is 7.17. The van der Waals surface area contributed by atoms with Crippen LogP contribution in [0.15, 0.2) is 53.3 Å². The summed E-state index contributed by atoms with van der Waals surface area (Å²) in [6, 6.07) is 15.6. The van der Waals surface area contributed by atoms with E-state index in [1.54, 1.807) is 0 Å². The summed E-state index contributed by atoms with van der Waals surface area (Å²) >= 11 is 0. The van der Waals surface area contributed by atoms with E-state index in [0.717, 1.165) is 22.3 Å². The number of hydrogen-bond donors (Lipinski definition) is 0. The molecule has 21 heavy (non-hydrogen) atoms. The highest BCUT2D eigenvalue weighted by Gasteiger charge is 2.13. The van der Waals surface area contributed by atoms with Crippen LogP contribution in [0.5, 0.6) is 0 Å². The summed E-state index contributed by atoms with van der Waals surface area (Å²) in [6.45, 7) is 6.19. The van der Waals surface area contributed by atoms with Gasteiger partial charge in [-0.05, 0) is 30.5 Å². The molecular formula is C18H18N2O. The predicted molar refractivity (Wildman–Crippen MR) is 86.2 cm³/mol. The fourth-order valence-corrected chi connectivity index (χ4v) is 2.68. The van der Waals surface area contributed by atoms with Gasteiger partial charge in [0.25, 0.3) is 5.56 Å². The van der Waals surface area contributed by atoms with Gasteiger partial charge in [0.05, 0.1) is 16.8 Å². The second-order valence-corrected chi connectivity index (χ2v) is 5.56. The topological polar surface area (TPSA) is 34.9 Å². The first kappa shape index (κ1) is 13.6. The van der Waals surface area contributed by atoms with E-state index in [1.165, 1.54) is 4.68 Å². The number of hydrogen-bond acceptors (Lipinski definition) is 2. The molecule has 0 unspecified atom stereocenters. The molecule has 0 saturated carbocycles. The average molecular weight is 278 g/mol. The number of fused-ring (bicyclic) bond motifs is 1. The van der Waals surface area contributed by atoms with Crippen LogP contribution in [0.25, 0.3) is 16.5 Å².